The molecule has 2 aromatic carbocycles. The number of nitrogens with zero attached hydrogens (tertiary/aromatic N) is 1. The molecule has 1 heterocycles. The van der Waals surface area contributed by atoms with Crippen molar-refractivity contribution in [3.8, 4) is 0 Å². The van der Waals surface area contributed by atoms with Gasteiger partial charge < -0.3 is 0 Å². The Bertz CT molecular complexity index is 873. The van der Waals surface area contributed by atoms with Crippen LogP contribution in [0.15, 0.2) is 53.4 Å². The summed E-state index contributed by atoms with van der Waals surface area (Å²) >= 11 is 2.07. The Morgan fingerprint density at radius 3 is 2.00 bits per heavy atom. The molecule has 3 rings (SSSR count). The number of imide groups is 1. The predicted octanol–water partition coefficient (Wildman–Crippen LogP) is 2.29. The second-order valence-corrected chi connectivity index (χ2v) is 7.90. The zero-order valence-electron chi connectivity index (χ0n) is 12.3. The average Bonchev–Trinajstić information content (AvgIpc) is 2.80. The molecule has 1 aliphatic rings. The highest BCUT2D eigenvalue weighted by molar-refractivity contribution is 14.1. The first-order valence-corrected chi connectivity index (χ1v) is 9.49. The van der Waals surface area contributed by atoms with E-state index < -0.39 is 21.9 Å². The molecule has 2 aromatic rings. The van der Waals surface area contributed by atoms with Crippen LogP contribution in [0.5, 0.6) is 0 Å². The number of carbonyl (C=O) groups excluding carboxylic acids is 2. The fraction of sp³-hybridized carbons (Fsp3) is 0.125. The molecule has 0 bridgehead atoms. The van der Waals surface area contributed by atoms with Gasteiger partial charge in [-0.15, -0.1) is 0 Å². The first kappa shape index (κ1) is 17.1. The van der Waals surface area contributed by atoms with Crippen LogP contribution in [0.2, 0.25) is 0 Å². The molecule has 2 amide bonds. The van der Waals surface area contributed by atoms with E-state index in [9.17, 15) is 18.0 Å². The summed E-state index contributed by atoms with van der Waals surface area (Å²) in [6, 6.07) is 12.7. The zero-order chi connectivity index (χ0) is 17.3. The van der Waals surface area contributed by atoms with Crippen LogP contribution in [-0.4, -0.2) is 38.3 Å². The van der Waals surface area contributed by atoms with Crippen molar-refractivity contribution in [1.82, 2.24) is 4.90 Å². The largest absolute Gasteiger partial charge is 0.297 e. The Kier molecular flexibility index (Phi) is 4.70. The van der Waals surface area contributed by atoms with Crippen molar-refractivity contribution in [1.29, 1.82) is 0 Å². The van der Waals surface area contributed by atoms with E-state index in [0.29, 0.717) is 11.1 Å². The third-order valence-electron chi connectivity index (χ3n) is 3.53. The zero-order valence-corrected chi connectivity index (χ0v) is 15.3. The summed E-state index contributed by atoms with van der Waals surface area (Å²) in [4.78, 5) is 25.4. The van der Waals surface area contributed by atoms with Crippen LogP contribution in [0, 0.1) is 3.57 Å². The summed E-state index contributed by atoms with van der Waals surface area (Å²) in [5.41, 5.74) is 0.644. The lowest BCUT2D eigenvalue weighted by Crippen LogP contribution is -2.33. The SMILES string of the molecule is O=C1c2ccccc2C(=O)N1CCOS(=O)(=O)c1ccc(I)cc1. The van der Waals surface area contributed by atoms with Gasteiger partial charge in [0, 0.05) is 3.57 Å². The van der Waals surface area contributed by atoms with Gasteiger partial charge in [-0.25, -0.2) is 0 Å². The number of amides is 2. The minimum Gasteiger partial charge on any atom is -0.272 e. The fourth-order valence-corrected chi connectivity index (χ4v) is 3.61. The maximum atomic E-state index is 12.2. The Morgan fingerprint density at radius 1 is 0.917 bits per heavy atom. The van der Waals surface area contributed by atoms with Crippen molar-refractivity contribution in [3.05, 3.63) is 63.2 Å². The number of carbonyl (C=O) groups is 2. The highest BCUT2D eigenvalue weighted by Gasteiger charge is 2.35. The monoisotopic (exact) mass is 457 g/mol. The molecule has 1 aliphatic heterocycles. The van der Waals surface area contributed by atoms with Crippen LogP contribution >= 0.6 is 22.6 Å². The average molecular weight is 457 g/mol. The summed E-state index contributed by atoms with van der Waals surface area (Å²) in [7, 11) is -3.92. The third kappa shape index (κ3) is 3.21. The Balaban J connectivity index is 1.66. The molecule has 0 spiro atoms. The number of benzene rings is 2. The molecule has 24 heavy (non-hydrogen) atoms. The molecule has 0 aromatic heterocycles. The number of halogens is 1. The smallest absolute Gasteiger partial charge is 0.272 e. The van der Waals surface area contributed by atoms with Crippen molar-refractivity contribution in [2.75, 3.05) is 13.2 Å². The van der Waals surface area contributed by atoms with E-state index in [1.165, 1.54) is 12.1 Å². The van der Waals surface area contributed by atoms with Crippen molar-refractivity contribution in [2.45, 2.75) is 4.90 Å². The van der Waals surface area contributed by atoms with Gasteiger partial charge in [0.05, 0.1) is 29.2 Å². The maximum absolute atomic E-state index is 12.2. The van der Waals surface area contributed by atoms with Gasteiger partial charge in [0.1, 0.15) is 0 Å². The molecular formula is C16H12INO5S. The number of fused-ring (bicyclic) bond motifs is 1. The topological polar surface area (TPSA) is 80.8 Å². The Morgan fingerprint density at radius 2 is 1.46 bits per heavy atom. The minimum absolute atomic E-state index is 0.0327. The lowest BCUT2D eigenvalue weighted by Gasteiger charge is -2.13. The molecule has 0 radical (unpaired) electrons. The van der Waals surface area contributed by atoms with E-state index in [2.05, 4.69) is 22.6 Å². The number of hydrogen-bond donors (Lipinski definition) is 0. The van der Waals surface area contributed by atoms with Crippen LogP contribution in [-0.2, 0) is 14.3 Å². The predicted molar refractivity (Wildman–Crippen MR) is 94.1 cm³/mol. The second kappa shape index (κ2) is 6.61. The molecule has 0 atom stereocenters. The van der Waals surface area contributed by atoms with Crippen LogP contribution in [0.3, 0.4) is 0 Å². The summed E-state index contributed by atoms with van der Waals surface area (Å²) in [6.45, 7) is -0.421. The van der Waals surface area contributed by atoms with E-state index in [1.54, 1.807) is 36.4 Å². The highest BCUT2D eigenvalue weighted by atomic mass is 127. The van der Waals surface area contributed by atoms with Crippen molar-refractivity contribution in [2.24, 2.45) is 0 Å². The molecule has 0 aliphatic carbocycles. The quantitative estimate of drug-likeness (QED) is 0.391. The Labute approximate surface area is 152 Å². The standard InChI is InChI=1S/C16H12INO5S/c17-11-5-7-12(8-6-11)24(21,22)23-10-9-18-15(19)13-3-1-2-4-14(13)16(18)20/h1-8H,9-10H2. The second-order valence-electron chi connectivity index (χ2n) is 5.04. The Hall–Kier alpha value is -1.78. The molecule has 124 valence electrons. The van der Waals surface area contributed by atoms with Gasteiger partial charge in [-0.1, -0.05) is 12.1 Å². The summed E-state index contributed by atoms with van der Waals surface area (Å²) in [5, 5.41) is 0. The molecule has 6 nitrogen and oxygen atoms in total. The van der Waals surface area contributed by atoms with Gasteiger partial charge in [0.2, 0.25) is 0 Å². The van der Waals surface area contributed by atoms with E-state index in [0.717, 1.165) is 8.47 Å². The lowest BCUT2D eigenvalue weighted by molar-refractivity contribution is 0.0632. The highest BCUT2D eigenvalue weighted by Crippen LogP contribution is 2.22. The van der Waals surface area contributed by atoms with E-state index in [1.807, 2.05) is 0 Å². The van der Waals surface area contributed by atoms with Crippen LogP contribution < -0.4 is 0 Å². The third-order valence-corrected chi connectivity index (χ3v) is 5.58. The van der Waals surface area contributed by atoms with Crippen LogP contribution in [0.4, 0.5) is 0 Å². The van der Waals surface area contributed by atoms with Gasteiger partial charge in [-0.3, -0.25) is 18.7 Å². The van der Waals surface area contributed by atoms with Crippen molar-refractivity contribution in [3.63, 3.8) is 0 Å². The van der Waals surface area contributed by atoms with Crippen molar-refractivity contribution >= 4 is 44.5 Å². The number of rotatable bonds is 5. The van der Waals surface area contributed by atoms with Crippen LogP contribution in [0.1, 0.15) is 20.7 Å². The molecule has 0 fully saturated rings. The minimum atomic E-state index is -3.92. The molecule has 0 saturated carbocycles. The summed E-state index contributed by atoms with van der Waals surface area (Å²) < 4.78 is 30.0. The van der Waals surface area contributed by atoms with E-state index in [-0.39, 0.29) is 18.0 Å². The van der Waals surface area contributed by atoms with Crippen molar-refractivity contribution < 1.29 is 22.2 Å². The first-order valence-electron chi connectivity index (χ1n) is 7.00. The molecule has 0 unspecified atom stereocenters. The molecular weight excluding hydrogens is 445 g/mol. The summed E-state index contributed by atoms with van der Waals surface area (Å²) in [6.07, 6.45) is 0. The lowest BCUT2D eigenvalue weighted by atomic mass is 10.1. The van der Waals surface area contributed by atoms with Gasteiger partial charge >= 0.3 is 0 Å². The van der Waals surface area contributed by atoms with E-state index in [4.69, 9.17) is 4.18 Å². The van der Waals surface area contributed by atoms with Crippen LogP contribution in [0.25, 0.3) is 0 Å². The molecule has 0 saturated heterocycles. The van der Waals surface area contributed by atoms with Gasteiger partial charge in [-0.05, 0) is 59.0 Å². The molecule has 8 heteroatoms. The van der Waals surface area contributed by atoms with E-state index >= 15 is 0 Å². The van der Waals surface area contributed by atoms with Gasteiger partial charge in [-0.2, -0.15) is 8.42 Å². The normalized spacial score (nSPS) is 14.1. The fourth-order valence-electron chi connectivity index (χ4n) is 2.35. The first-order chi connectivity index (χ1) is 11.4. The number of hydrogen-bond acceptors (Lipinski definition) is 5. The van der Waals surface area contributed by atoms with Gasteiger partial charge in [0.25, 0.3) is 21.9 Å². The molecule has 0 N–H and O–H groups in total. The van der Waals surface area contributed by atoms with Gasteiger partial charge in [0.15, 0.2) is 0 Å². The summed E-state index contributed by atoms with van der Waals surface area (Å²) in [5.74, 6) is -0.878. The maximum Gasteiger partial charge on any atom is 0.297 e.